The Hall–Kier alpha value is -1.52. The summed E-state index contributed by atoms with van der Waals surface area (Å²) in [5.74, 6) is 0. The fraction of sp³-hybridized carbons (Fsp3) is 0.200. The van der Waals surface area contributed by atoms with Crippen LogP contribution in [0.3, 0.4) is 0 Å². The van der Waals surface area contributed by atoms with Crippen LogP contribution in [0.25, 0.3) is 0 Å². The fourth-order valence-electron chi connectivity index (χ4n) is 1.88. The largest absolute Gasteiger partial charge is 0.416 e. The molecule has 0 amide bonds. The minimum atomic E-state index is -4.37. The van der Waals surface area contributed by atoms with Crippen LogP contribution in [0.1, 0.15) is 22.8 Å². The van der Waals surface area contributed by atoms with E-state index in [1.54, 1.807) is 24.3 Å². The maximum absolute atomic E-state index is 12.4. The summed E-state index contributed by atoms with van der Waals surface area (Å²) in [5.41, 5.74) is 0.450. The maximum Gasteiger partial charge on any atom is 0.416 e. The van der Waals surface area contributed by atoms with Crippen molar-refractivity contribution >= 4 is 11.6 Å². The van der Waals surface area contributed by atoms with Crippen molar-refractivity contribution in [2.45, 2.75) is 18.7 Å². The van der Waals surface area contributed by atoms with Crippen LogP contribution in [0.4, 0.5) is 13.2 Å². The molecule has 2 aromatic carbocycles. The first-order valence-corrected chi connectivity index (χ1v) is 6.34. The van der Waals surface area contributed by atoms with Gasteiger partial charge in [-0.2, -0.15) is 13.2 Å². The van der Waals surface area contributed by atoms with E-state index in [4.69, 9.17) is 11.6 Å². The van der Waals surface area contributed by atoms with Gasteiger partial charge < -0.3 is 5.11 Å². The molecule has 0 spiro atoms. The average Bonchev–Trinajstić information content (AvgIpc) is 2.40. The highest BCUT2D eigenvalue weighted by atomic mass is 35.5. The minimum Gasteiger partial charge on any atom is -0.388 e. The van der Waals surface area contributed by atoms with Crippen molar-refractivity contribution in [3.63, 3.8) is 0 Å². The van der Waals surface area contributed by atoms with E-state index in [0.29, 0.717) is 10.6 Å². The summed E-state index contributed by atoms with van der Waals surface area (Å²) in [6.07, 6.45) is -5.01. The zero-order valence-corrected chi connectivity index (χ0v) is 11.1. The van der Waals surface area contributed by atoms with Gasteiger partial charge in [0.15, 0.2) is 0 Å². The zero-order valence-electron chi connectivity index (χ0n) is 10.4. The highest BCUT2D eigenvalue weighted by Gasteiger charge is 2.30. The molecular weight excluding hydrogens is 289 g/mol. The Bertz CT molecular complexity index is 578. The first-order valence-electron chi connectivity index (χ1n) is 5.96. The van der Waals surface area contributed by atoms with Gasteiger partial charge in [-0.05, 0) is 29.3 Å². The van der Waals surface area contributed by atoms with Gasteiger partial charge in [0, 0.05) is 11.4 Å². The van der Waals surface area contributed by atoms with Crippen molar-refractivity contribution in [1.29, 1.82) is 0 Å². The molecule has 0 saturated heterocycles. The number of rotatable bonds is 3. The molecule has 20 heavy (non-hydrogen) atoms. The molecule has 1 nitrogen and oxygen atoms in total. The lowest BCUT2D eigenvalue weighted by atomic mass is 10.0. The molecule has 1 N–H and O–H groups in total. The molecule has 2 rings (SSSR count). The summed E-state index contributed by atoms with van der Waals surface area (Å²) >= 11 is 5.98. The summed E-state index contributed by atoms with van der Waals surface area (Å²) in [7, 11) is 0. The Morgan fingerprint density at radius 2 is 1.60 bits per heavy atom. The van der Waals surface area contributed by atoms with Crippen LogP contribution in [0.2, 0.25) is 5.02 Å². The maximum atomic E-state index is 12.4. The van der Waals surface area contributed by atoms with Crippen molar-refractivity contribution in [3.8, 4) is 0 Å². The van der Waals surface area contributed by atoms with Crippen LogP contribution in [0.5, 0.6) is 0 Å². The molecule has 106 valence electrons. The molecule has 1 unspecified atom stereocenters. The lowest BCUT2D eigenvalue weighted by Crippen LogP contribution is -2.06. The number of hydrogen-bond donors (Lipinski definition) is 1. The quantitative estimate of drug-likeness (QED) is 0.876. The summed E-state index contributed by atoms with van der Waals surface area (Å²) in [6, 6.07) is 11.5. The third-order valence-electron chi connectivity index (χ3n) is 2.99. The van der Waals surface area contributed by atoms with Crippen LogP contribution in [0.15, 0.2) is 48.5 Å². The number of aliphatic hydroxyl groups excluding tert-OH is 1. The number of benzene rings is 2. The summed E-state index contributed by atoms with van der Waals surface area (Å²) < 4.78 is 37.3. The molecule has 2 aromatic rings. The van der Waals surface area contributed by atoms with Crippen LogP contribution in [0, 0.1) is 0 Å². The molecular formula is C15H12ClF3O. The van der Waals surface area contributed by atoms with Gasteiger partial charge in [-0.25, -0.2) is 0 Å². The van der Waals surface area contributed by atoms with E-state index in [9.17, 15) is 18.3 Å². The van der Waals surface area contributed by atoms with Gasteiger partial charge in [0.2, 0.25) is 0 Å². The van der Waals surface area contributed by atoms with Gasteiger partial charge >= 0.3 is 6.18 Å². The van der Waals surface area contributed by atoms with Gasteiger partial charge in [-0.15, -0.1) is 0 Å². The third kappa shape index (κ3) is 3.52. The molecule has 0 aromatic heterocycles. The van der Waals surface area contributed by atoms with Crippen LogP contribution >= 0.6 is 11.6 Å². The van der Waals surface area contributed by atoms with E-state index in [2.05, 4.69) is 0 Å². The van der Waals surface area contributed by atoms with Crippen molar-refractivity contribution in [3.05, 3.63) is 70.2 Å². The number of hydrogen-bond acceptors (Lipinski definition) is 1. The van der Waals surface area contributed by atoms with Crippen LogP contribution in [-0.2, 0) is 12.6 Å². The molecule has 0 radical (unpaired) electrons. The number of aliphatic hydroxyl groups is 1. The van der Waals surface area contributed by atoms with Crippen molar-refractivity contribution < 1.29 is 18.3 Å². The Labute approximate surface area is 119 Å². The van der Waals surface area contributed by atoms with Crippen molar-refractivity contribution in [1.82, 2.24) is 0 Å². The van der Waals surface area contributed by atoms with E-state index < -0.39 is 17.8 Å². The molecule has 0 saturated carbocycles. The predicted octanol–water partition coefficient (Wildman–Crippen LogP) is 4.63. The number of halogens is 4. The fourth-order valence-corrected chi connectivity index (χ4v) is 2.10. The van der Waals surface area contributed by atoms with Crippen LogP contribution in [-0.4, -0.2) is 5.11 Å². The Kier molecular flexibility index (Phi) is 4.35. The van der Waals surface area contributed by atoms with E-state index in [1.165, 1.54) is 12.1 Å². The third-order valence-corrected chi connectivity index (χ3v) is 3.36. The molecule has 0 heterocycles. The van der Waals surface area contributed by atoms with Crippen molar-refractivity contribution in [2.75, 3.05) is 0 Å². The smallest absolute Gasteiger partial charge is 0.388 e. The molecule has 0 aliphatic carbocycles. The highest BCUT2D eigenvalue weighted by Crippen LogP contribution is 2.30. The molecule has 0 aliphatic heterocycles. The van der Waals surface area contributed by atoms with Crippen molar-refractivity contribution in [2.24, 2.45) is 0 Å². The van der Waals surface area contributed by atoms with E-state index in [-0.39, 0.29) is 6.42 Å². The molecule has 1 atom stereocenters. The molecule has 0 aliphatic rings. The summed E-state index contributed by atoms with van der Waals surface area (Å²) in [5, 5.41) is 10.6. The van der Waals surface area contributed by atoms with E-state index in [1.807, 2.05) is 0 Å². The zero-order chi connectivity index (χ0) is 14.8. The number of alkyl halides is 3. The topological polar surface area (TPSA) is 20.2 Å². The standard InChI is InChI=1S/C15H12ClF3O/c16-13-4-2-1-3-11(13)9-14(20)10-5-7-12(8-6-10)15(17,18)19/h1-8,14,20H,9H2. The van der Waals surface area contributed by atoms with Gasteiger partial charge in [0.1, 0.15) is 0 Å². The predicted molar refractivity (Wildman–Crippen MR) is 71.6 cm³/mol. The van der Waals surface area contributed by atoms with Crippen LogP contribution < -0.4 is 0 Å². The lowest BCUT2D eigenvalue weighted by molar-refractivity contribution is -0.137. The van der Waals surface area contributed by atoms with E-state index in [0.717, 1.165) is 17.7 Å². The Balaban J connectivity index is 2.14. The molecule has 0 fully saturated rings. The second kappa shape index (κ2) is 5.85. The van der Waals surface area contributed by atoms with Gasteiger partial charge in [-0.3, -0.25) is 0 Å². The molecule has 5 heteroatoms. The summed E-state index contributed by atoms with van der Waals surface area (Å²) in [6.45, 7) is 0. The summed E-state index contributed by atoms with van der Waals surface area (Å²) in [4.78, 5) is 0. The Morgan fingerprint density at radius 3 is 2.15 bits per heavy atom. The second-order valence-electron chi connectivity index (χ2n) is 4.43. The monoisotopic (exact) mass is 300 g/mol. The van der Waals surface area contributed by atoms with Gasteiger partial charge in [-0.1, -0.05) is 41.9 Å². The second-order valence-corrected chi connectivity index (χ2v) is 4.84. The first kappa shape index (κ1) is 14.9. The van der Waals surface area contributed by atoms with Gasteiger partial charge in [0.05, 0.1) is 11.7 Å². The average molecular weight is 301 g/mol. The lowest BCUT2D eigenvalue weighted by Gasteiger charge is -2.13. The van der Waals surface area contributed by atoms with Gasteiger partial charge in [0.25, 0.3) is 0 Å². The SMILES string of the molecule is OC(Cc1ccccc1Cl)c1ccc(C(F)(F)F)cc1. The minimum absolute atomic E-state index is 0.255. The Morgan fingerprint density at radius 1 is 1.00 bits per heavy atom. The van der Waals surface area contributed by atoms with E-state index >= 15 is 0 Å². The first-order chi connectivity index (χ1) is 9.38. The normalized spacial score (nSPS) is 13.2. The molecule has 0 bridgehead atoms. The highest BCUT2D eigenvalue weighted by molar-refractivity contribution is 6.31.